The quantitative estimate of drug-likeness (QED) is 0.618. The van der Waals surface area contributed by atoms with E-state index < -0.39 is 10.0 Å². The predicted molar refractivity (Wildman–Crippen MR) is 120 cm³/mol. The van der Waals surface area contributed by atoms with Crippen molar-refractivity contribution in [3.8, 4) is 0 Å². The van der Waals surface area contributed by atoms with Gasteiger partial charge in [0.05, 0.1) is 11.5 Å². The number of hydrogen-bond donors (Lipinski definition) is 2. The number of carbonyl (C=O) groups is 2. The molecule has 2 amide bonds. The normalized spacial score (nSPS) is 14.7. The molecule has 3 rings (SSSR count). The lowest BCUT2D eigenvalue weighted by atomic mass is 10.0. The molecule has 1 saturated heterocycles. The molecule has 1 aliphatic rings. The van der Waals surface area contributed by atoms with E-state index in [0.717, 1.165) is 4.47 Å². The lowest BCUT2D eigenvalue weighted by Crippen LogP contribution is -2.46. The van der Waals surface area contributed by atoms with E-state index in [0.29, 0.717) is 43.8 Å². The van der Waals surface area contributed by atoms with Gasteiger partial charge in [0, 0.05) is 34.9 Å². The second kappa shape index (κ2) is 10.1. The summed E-state index contributed by atoms with van der Waals surface area (Å²) in [6.45, 7) is 3.11. The summed E-state index contributed by atoms with van der Waals surface area (Å²) in [5, 5.41) is 2.95. The number of nitrogens with one attached hydrogen (secondary N) is 2. The third-order valence-electron chi connectivity index (χ3n) is 4.86. The molecule has 0 atom stereocenters. The van der Waals surface area contributed by atoms with Crippen molar-refractivity contribution in [3.05, 3.63) is 58.6 Å². The van der Waals surface area contributed by atoms with Crippen molar-refractivity contribution in [1.82, 2.24) is 10.2 Å². The molecule has 0 unspecified atom stereocenters. The first-order chi connectivity index (χ1) is 14.8. The molecule has 10 heteroatoms. The first kappa shape index (κ1) is 23.1. The summed E-state index contributed by atoms with van der Waals surface area (Å²) < 4.78 is 33.4. The highest BCUT2D eigenvalue weighted by atomic mass is 79.9. The number of piperidine rings is 1. The zero-order chi connectivity index (χ0) is 22.4. The van der Waals surface area contributed by atoms with Crippen LogP contribution in [-0.4, -0.2) is 51.1 Å². The van der Waals surface area contributed by atoms with Gasteiger partial charge in [-0.15, -0.1) is 0 Å². The van der Waals surface area contributed by atoms with Crippen molar-refractivity contribution in [3.63, 3.8) is 0 Å². The van der Waals surface area contributed by atoms with Crippen LogP contribution < -0.4 is 10.0 Å². The van der Waals surface area contributed by atoms with Gasteiger partial charge in [-0.2, -0.15) is 0 Å². The largest absolute Gasteiger partial charge is 0.450 e. The van der Waals surface area contributed by atoms with Crippen LogP contribution in [-0.2, 0) is 14.8 Å². The van der Waals surface area contributed by atoms with Crippen molar-refractivity contribution in [2.45, 2.75) is 30.7 Å². The molecule has 2 aromatic carbocycles. The summed E-state index contributed by atoms with van der Waals surface area (Å²) in [6.07, 6.45) is 0.916. The number of likely N-dealkylation sites (tertiary alicyclic amines) is 1. The fourth-order valence-corrected chi connectivity index (χ4v) is 4.56. The maximum atomic E-state index is 12.7. The Hall–Kier alpha value is -2.59. The third kappa shape index (κ3) is 6.20. The molecule has 1 fully saturated rings. The molecule has 0 bridgehead atoms. The number of halogens is 1. The number of anilines is 1. The summed E-state index contributed by atoms with van der Waals surface area (Å²) in [5.74, 6) is -0.292. The topological polar surface area (TPSA) is 105 Å². The van der Waals surface area contributed by atoms with Crippen molar-refractivity contribution < 1.29 is 22.7 Å². The van der Waals surface area contributed by atoms with Crippen LogP contribution in [0.3, 0.4) is 0 Å². The number of sulfonamides is 1. The highest BCUT2D eigenvalue weighted by molar-refractivity contribution is 9.10. The van der Waals surface area contributed by atoms with Crippen molar-refractivity contribution in [2.24, 2.45) is 0 Å². The fraction of sp³-hybridized carbons (Fsp3) is 0.333. The number of carbonyl (C=O) groups excluding carboxylic acids is 2. The monoisotopic (exact) mass is 509 g/mol. The fourth-order valence-electron chi connectivity index (χ4n) is 3.24. The maximum Gasteiger partial charge on any atom is 0.409 e. The number of hydrogen-bond acceptors (Lipinski definition) is 5. The molecule has 31 heavy (non-hydrogen) atoms. The van der Waals surface area contributed by atoms with Gasteiger partial charge in [0.2, 0.25) is 0 Å². The molecule has 0 aromatic heterocycles. The lowest BCUT2D eigenvalue weighted by Gasteiger charge is -2.31. The summed E-state index contributed by atoms with van der Waals surface area (Å²) in [4.78, 5) is 26.2. The molecule has 2 N–H and O–H groups in total. The van der Waals surface area contributed by atoms with Crippen LogP contribution >= 0.6 is 15.9 Å². The Bertz CT molecular complexity index is 1040. The molecule has 0 radical (unpaired) electrons. The Morgan fingerprint density at radius 1 is 1.13 bits per heavy atom. The SMILES string of the molecule is CCOC(=O)N1CCC(NC(=O)c2cccc(NS(=O)(=O)c3ccc(Br)cc3)c2)CC1. The molecule has 0 aliphatic carbocycles. The Kier molecular flexibility index (Phi) is 7.55. The van der Waals surface area contributed by atoms with Gasteiger partial charge in [-0.3, -0.25) is 9.52 Å². The Balaban J connectivity index is 1.60. The molecule has 2 aromatic rings. The molecular weight excluding hydrogens is 486 g/mol. The van der Waals surface area contributed by atoms with Crippen LogP contribution in [0.25, 0.3) is 0 Å². The van der Waals surface area contributed by atoms with E-state index in [1.807, 2.05) is 0 Å². The van der Waals surface area contributed by atoms with Gasteiger partial charge < -0.3 is 15.0 Å². The van der Waals surface area contributed by atoms with Gasteiger partial charge in [-0.05, 0) is 62.2 Å². The van der Waals surface area contributed by atoms with Crippen LogP contribution in [0.1, 0.15) is 30.1 Å². The van der Waals surface area contributed by atoms with E-state index in [4.69, 9.17) is 4.74 Å². The van der Waals surface area contributed by atoms with Gasteiger partial charge in [0.1, 0.15) is 0 Å². The minimum Gasteiger partial charge on any atom is -0.450 e. The maximum absolute atomic E-state index is 12.7. The summed E-state index contributed by atoms with van der Waals surface area (Å²) in [6, 6.07) is 12.5. The van der Waals surface area contributed by atoms with E-state index in [2.05, 4.69) is 26.0 Å². The van der Waals surface area contributed by atoms with E-state index >= 15 is 0 Å². The van der Waals surface area contributed by atoms with E-state index in [1.54, 1.807) is 42.2 Å². The Morgan fingerprint density at radius 2 is 1.81 bits per heavy atom. The first-order valence-electron chi connectivity index (χ1n) is 9.89. The zero-order valence-corrected chi connectivity index (χ0v) is 19.4. The van der Waals surface area contributed by atoms with Crippen LogP contribution in [0.2, 0.25) is 0 Å². The van der Waals surface area contributed by atoms with Gasteiger partial charge in [0.25, 0.3) is 15.9 Å². The molecule has 0 saturated carbocycles. The van der Waals surface area contributed by atoms with Crippen LogP contribution in [0.5, 0.6) is 0 Å². The van der Waals surface area contributed by atoms with Gasteiger partial charge in [-0.1, -0.05) is 22.0 Å². The Labute approximate surface area is 190 Å². The summed E-state index contributed by atoms with van der Waals surface area (Å²) in [5.41, 5.74) is 0.650. The Morgan fingerprint density at radius 3 is 2.45 bits per heavy atom. The molecule has 1 aliphatic heterocycles. The minimum atomic E-state index is -3.77. The molecule has 8 nitrogen and oxygen atoms in total. The van der Waals surface area contributed by atoms with Crippen molar-refractivity contribution >= 4 is 43.6 Å². The molecule has 166 valence electrons. The van der Waals surface area contributed by atoms with E-state index in [1.165, 1.54) is 18.2 Å². The highest BCUT2D eigenvalue weighted by Crippen LogP contribution is 2.20. The molecular formula is C21H24BrN3O5S. The standard InChI is InChI=1S/C21H24BrN3O5S/c1-2-30-21(27)25-12-10-17(11-13-25)23-20(26)15-4-3-5-18(14-15)24-31(28,29)19-8-6-16(22)7-9-19/h3-9,14,17,24H,2,10-13H2,1H3,(H,23,26). The van der Waals surface area contributed by atoms with Gasteiger partial charge in [0.15, 0.2) is 0 Å². The average Bonchev–Trinajstić information content (AvgIpc) is 2.74. The molecule has 1 heterocycles. The van der Waals surface area contributed by atoms with Crippen LogP contribution in [0.15, 0.2) is 57.9 Å². The number of benzene rings is 2. The smallest absolute Gasteiger partial charge is 0.409 e. The van der Waals surface area contributed by atoms with E-state index in [9.17, 15) is 18.0 Å². The lowest BCUT2D eigenvalue weighted by molar-refractivity contribution is 0.0860. The number of rotatable bonds is 6. The third-order valence-corrected chi connectivity index (χ3v) is 6.78. The second-order valence-electron chi connectivity index (χ2n) is 7.07. The first-order valence-corrected chi connectivity index (χ1v) is 12.2. The number of ether oxygens (including phenoxy) is 1. The predicted octanol–water partition coefficient (Wildman–Crippen LogP) is 3.60. The van der Waals surface area contributed by atoms with Gasteiger partial charge >= 0.3 is 6.09 Å². The minimum absolute atomic E-state index is 0.0683. The second-order valence-corrected chi connectivity index (χ2v) is 9.67. The van der Waals surface area contributed by atoms with Crippen molar-refractivity contribution in [2.75, 3.05) is 24.4 Å². The van der Waals surface area contributed by atoms with Crippen LogP contribution in [0, 0.1) is 0 Å². The van der Waals surface area contributed by atoms with Crippen LogP contribution in [0.4, 0.5) is 10.5 Å². The average molecular weight is 510 g/mol. The summed E-state index contributed by atoms with van der Waals surface area (Å²) >= 11 is 3.28. The van der Waals surface area contributed by atoms with E-state index in [-0.39, 0.29) is 22.9 Å². The van der Waals surface area contributed by atoms with Gasteiger partial charge in [-0.25, -0.2) is 13.2 Å². The number of nitrogens with zero attached hydrogens (tertiary/aromatic N) is 1. The number of amides is 2. The van der Waals surface area contributed by atoms with Crippen molar-refractivity contribution in [1.29, 1.82) is 0 Å². The molecule has 0 spiro atoms. The highest BCUT2D eigenvalue weighted by Gasteiger charge is 2.25. The summed E-state index contributed by atoms with van der Waals surface area (Å²) in [7, 11) is -3.77. The zero-order valence-electron chi connectivity index (χ0n) is 17.0.